The van der Waals surface area contributed by atoms with Gasteiger partial charge in [-0.3, -0.25) is 15.1 Å². The smallest absolute Gasteiger partial charge is 0.269 e. The van der Waals surface area contributed by atoms with Gasteiger partial charge in [0.25, 0.3) is 5.69 Å². The fourth-order valence-corrected chi connectivity index (χ4v) is 2.76. The van der Waals surface area contributed by atoms with Crippen LogP contribution < -0.4 is 4.74 Å². The number of rotatable bonds is 6. The van der Waals surface area contributed by atoms with Crippen molar-refractivity contribution in [2.75, 3.05) is 0 Å². The number of hydrogen-bond donors (Lipinski definition) is 0. The summed E-state index contributed by atoms with van der Waals surface area (Å²) < 4.78 is 5.89. The number of hydrogen-bond acceptors (Lipinski definition) is 4. The third-order valence-electron chi connectivity index (χ3n) is 4.36. The molecule has 0 heterocycles. The largest absolute Gasteiger partial charge is 0.488 e. The molecule has 6 heteroatoms. The monoisotopic (exact) mass is 394 g/mol. The van der Waals surface area contributed by atoms with E-state index >= 15 is 0 Å². The lowest BCUT2D eigenvalue weighted by atomic mass is 10.1. The molecule has 142 valence electrons. The number of nitro groups is 1. The maximum absolute atomic E-state index is 10.7. The molecule has 0 aliphatic rings. The Morgan fingerprint density at radius 3 is 2.46 bits per heavy atom. The van der Waals surface area contributed by atoms with Crippen LogP contribution in [0.1, 0.15) is 22.3 Å². The van der Waals surface area contributed by atoms with E-state index in [0.29, 0.717) is 10.8 Å². The molecule has 0 N–H and O–H groups in total. The normalized spacial score (nSPS) is 11.0. The lowest BCUT2D eigenvalue weighted by molar-refractivity contribution is -0.384. The van der Waals surface area contributed by atoms with E-state index in [4.69, 9.17) is 16.3 Å². The zero-order valence-electron chi connectivity index (χ0n) is 15.6. The zero-order valence-corrected chi connectivity index (χ0v) is 16.3. The van der Waals surface area contributed by atoms with Gasteiger partial charge < -0.3 is 4.74 Å². The summed E-state index contributed by atoms with van der Waals surface area (Å²) in [5.41, 5.74) is 4.88. The van der Waals surface area contributed by atoms with Gasteiger partial charge in [0.05, 0.1) is 10.6 Å². The van der Waals surface area contributed by atoms with Crippen molar-refractivity contribution in [3.05, 3.63) is 98.1 Å². The highest BCUT2D eigenvalue weighted by molar-refractivity contribution is 6.30. The number of ether oxygens (including phenoxy) is 1. The molecule has 0 spiro atoms. The van der Waals surface area contributed by atoms with Crippen LogP contribution in [0, 0.1) is 24.0 Å². The third kappa shape index (κ3) is 4.96. The van der Waals surface area contributed by atoms with Gasteiger partial charge in [-0.2, -0.15) is 0 Å². The number of aryl methyl sites for hydroxylation is 2. The molecule has 0 atom stereocenters. The summed E-state index contributed by atoms with van der Waals surface area (Å²) in [6.45, 7) is 4.39. The molecule has 0 bridgehead atoms. The van der Waals surface area contributed by atoms with Gasteiger partial charge in [0.1, 0.15) is 12.4 Å². The van der Waals surface area contributed by atoms with Crippen LogP contribution >= 0.6 is 11.6 Å². The molecule has 0 radical (unpaired) electrons. The van der Waals surface area contributed by atoms with Crippen LogP contribution in [0.3, 0.4) is 0 Å². The van der Waals surface area contributed by atoms with Crippen LogP contribution in [0.15, 0.2) is 65.7 Å². The van der Waals surface area contributed by atoms with Crippen molar-refractivity contribution in [3.63, 3.8) is 0 Å². The van der Waals surface area contributed by atoms with Crippen molar-refractivity contribution in [1.29, 1.82) is 0 Å². The number of nitro benzene ring substituents is 1. The summed E-state index contributed by atoms with van der Waals surface area (Å²) in [5, 5.41) is 11.3. The van der Waals surface area contributed by atoms with Crippen LogP contribution in [0.25, 0.3) is 0 Å². The minimum atomic E-state index is -0.425. The summed E-state index contributed by atoms with van der Waals surface area (Å²) in [6.07, 6.45) is 1.72. The Balaban J connectivity index is 1.77. The molecular formula is C22H19ClN2O3. The van der Waals surface area contributed by atoms with E-state index in [9.17, 15) is 10.1 Å². The molecule has 3 aromatic rings. The van der Waals surface area contributed by atoms with Crippen LogP contribution in [0.2, 0.25) is 5.02 Å². The van der Waals surface area contributed by atoms with E-state index in [-0.39, 0.29) is 12.3 Å². The van der Waals surface area contributed by atoms with Crippen molar-refractivity contribution in [1.82, 2.24) is 0 Å². The highest BCUT2D eigenvalue weighted by Gasteiger charge is 2.07. The predicted octanol–water partition coefficient (Wildman–Crippen LogP) is 6.19. The lowest BCUT2D eigenvalue weighted by Crippen LogP contribution is -1.99. The quantitative estimate of drug-likeness (QED) is 0.284. The molecule has 0 saturated carbocycles. The molecule has 3 aromatic carbocycles. The average Bonchev–Trinajstić information content (AvgIpc) is 2.68. The Kier molecular flexibility index (Phi) is 6.06. The van der Waals surface area contributed by atoms with Crippen LogP contribution in [-0.2, 0) is 6.61 Å². The topological polar surface area (TPSA) is 64.7 Å². The van der Waals surface area contributed by atoms with Gasteiger partial charge >= 0.3 is 0 Å². The van der Waals surface area contributed by atoms with E-state index in [1.807, 2.05) is 25.1 Å². The Labute approximate surface area is 168 Å². The first-order valence-corrected chi connectivity index (χ1v) is 9.07. The molecule has 0 amide bonds. The van der Waals surface area contributed by atoms with Crippen molar-refractivity contribution >= 4 is 29.2 Å². The van der Waals surface area contributed by atoms with Crippen molar-refractivity contribution in [3.8, 4) is 5.75 Å². The molecular weight excluding hydrogens is 376 g/mol. The number of aliphatic imine (C=N–C) groups is 1. The lowest BCUT2D eigenvalue weighted by Gasteiger charge is -2.10. The first-order chi connectivity index (χ1) is 13.4. The number of non-ortho nitro benzene ring substituents is 1. The molecule has 0 fully saturated rings. The van der Waals surface area contributed by atoms with Gasteiger partial charge in [-0.1, -0.05) is 17.7 Å². The van der Waals surface area contributed by atoms with Gasteiger partial charge in [0.2, 0.25) is 0 Å². The molecule has 0 aliphatic carbocycles. The van der Waals surface area contributed by atoms with Crippen molar-refractivity contribution < 1.29 is 9.66 Å². The van der Waals surface area contributed by atoms with Crippen LogP contribution in [0.5, 0.6) is 5.75 Å². The Morgan fingerprint density at radius 2 is 1.79 bits per heavy atom. The fourth-order valence-electron chi connectivity index (χ4n) is 2.58. The number of halogens is 1. The SMILES string of the molecule is Cc1ccc(N=Cc2cc(Cl)ccc2OCc2ccc([N+](=O)[O-])cc2)cc1C. The highest BCUT2D eigenvalue weighted by Crippen LogP contribution is 2.24. The second-order valence-corrected chi connectivity index (χ2v) is 6.86. The van der Waals surface area contributed by atoms with Crippen LogP contribution in [0.4, 0.5) is 11.4 Å². The standard InChI is InChI=1S/C22H19ClN2O3/c1-15-3-7-20(11-16(15)2)24-13-18-12-19(23)6-10-22(18)28-14-17-4-8-21(9-5-17)25(26)27/h3-13H,14H2,1-2H3. The molecule has 0 saturated heterocycles. The van der Waals surface area contributed by atoms with Gasteiger partial charge in [-0.25, -0.2) is 0 Å². The Hall–Kier alpha value is -3.18. The average molecular weight is 395 g/mol. The second kappa shape index (κ2) is 8.67. The van der Waals surface area contributed by atoms with E-state index in [1.165, 1.54) is 23.3 Å². The number of benzene rings is 3. The van der Waals surface area contributed by atoms with Gasteiger partial charge in [0, 0.05) is 28.9 Å². The third-order valence-corrected chi connectivity index (χ3v) is 4.59. The molecule has 5 nitrogen and oxygen atoms in total. The first kappa shape index (κ1) is 19.6. The van der Waals surface area contributed by atoms with E-state index in [1.54, 1.807) is 36.5 Å². The van der Waals surface area contributed by atoms with Gasteiger partial charge in [-0.05, 0) is 73.0 Å². The zero-order chi connectivity index (χ0) is 20.1. The minimum Gasteiger partial charge on any atom is -0.488 e. The molecule has 0 aromatic heterocycles. The second-order valence-electron chi connectivity index (χ2n) is 6.42. The summed E-state index contributed by atoms with van der Waals surface area (Å²) >= 11 is 6.13. The van der Waals surface area contributed by atoms with Crippen molar-refractivity contribution in [2.24, 2.45) is 4.99 Å². The van der Waals surface area contributed by atoms with Gasteiger partial charge in [0.15, 0.2) is 0 Å². The minimum absolute atomic E-state index is 0.0523. The molecule has 28 heavy (non-hydrogen) atoms. The fraction of sp³-hybridized carbons (Fsp3) is 0.136. The summed E-state index contributed by atoms with van der Waals surface area (Å²) in [6, 6.07) is 17.6. The Morgan fingerprint density at radius 1 is 1.04 bits per heavy atom. The van der Waals surface area contributed by atoms with E-state index < -0.39 is 4.92 Å². The van der Waals surface area contributed by atoms with Crippen molar-refractivity contribution in [2.45, 2.75) is 20.5 Å². The van der Waals surface area contributed by atoms with Gasteiger partial charge in [-0.15, -0.1) is 0 Å². The number of nitrogens with zero attached hydrogens (tertiary/aromatic N) is 2. The maximum Gasteiger partial charge on any atom is 0.269 e. The first-order valence-electron chi connectivity index (χ1n) is 8.69. The Bertz CT molecular complexity index is 1030. The predicted molar refractivity (Wildman–Crippen MR) is 112 cm³/mol. The highest BCUT2D eigenvalue weighted by atomic mass is 35.5. The summed E-state index contributed by atoms with van der Waals surface area (Å²) in [5.74, 6) is 0.635. The van der Waals surface area contributed by atoms with Crippen LogP contribution in [-0.4, -0.2) is 11.1 Å². The molecule has 3 rings (SSSR count). The summed E-state index contributed by atoms with van der Waals surface area (Å²) in [7, 11) is 0. The maximum atomic E-state index is 10.7. The van der Waals surface area contributed by atoms with E-state index in [0.717, 1.165) is 16.8 Å². The molecule has 0 aliphatic heterocycles. The summed E-state index contributed by atoms with van der Waals surface area (Å²) in [4.78, 5) is 14.8. The van der Waals surface area contributed by atoms with E-state index in [2.05, 4.69) is 11.9 Å². The molecule has 0 unspecified atom stereocenters.